The average Bonchev–Trinajstić information content (AvgIpc) is 3.01. The second kappa shape index (κ2) is 7.77. The van der Waals surface area contributed by atoms with Crippen LogP contribution in [0.1, 0.15) is 79.1 Å². The SMILES string of the molecule is CC(=O)OCC(=O)[C@]1(OC(C)=O)CC[C@@]2(C)[C@@H](CC(=O)[C@@H]3[C@H]2CC[C@]2(C)C(=O)CC[C@@H]32)C1. The molecule has 4 saturated carbocycles. The number of hydrogen-bond acceptors (Lipinski definition) is 7. The lowest BCUT2D eigenvalue weighted by atomic mass is 9.44. The van der Waals surface area contributed by atoms with Gasteiger partial charge in [0.25, 0.3) is 0 Å². The van der Waals surface area contributed by atoms with Crippen LogP contribution in [0.3, 0.4) is 0 Å². The Morgan fingerprint density at radius 2 is 1.69 bits per heavy atom. The molecule has 0 amide bonds. The Balaban J connectivity index is 1.62. The largest absolute Gasteiger partial charge is 0.458 e. The molecular formula is C25H34O7. The number of fused-ring (bicyclic) bond motifs is 5. The number of rotatable bonds is 4. The summed E-state index contributed by atoms with van der Waals surface area (Å²) in [6.45, 7) is 6.33. The summed E-state index contributed by atoms with van der Waals surface area (Å²) in [6.07, 6.45) is 4.64. The van der Waals surface area contributed by atoms with Crippen LogP contribution in [0.15, 0.2) is 0 Å². The van der Waals surface area contributed by atoms with Crippen molar-refractivity contribution < 1.29 is 33.4 Å². The van der Waals surface area contributed by atoms with Gasteiger partial charge in [0.2, 0.25) is 5.78 Å². The summed E-state index contributed by atoms with van der Waals surface area (Å²) in [5.41, 5.74) is -1.89. The molecule has 0 saturated heterocycles. The van der Waals surface area contributed by atoms with Crippen LogP contribution in [-0.2, 0) is 33.4 Å². The zero-order chi connectivity index (χ0) is 23.5. The summed E-state index contributed by atoms with van der Waals surface area (Å²) in [6, 6.07) is 0. The molecule has 32 heavy (non-hydrogen) atoms. The van der Waals surface area contributed by atoms with Crippen LogP contribution in [0.25, 0.3) is 0 Å². The summed E-state index contributed by atoms with van der Waals surface area (Å²) in [7, 11) is 0. The van der Waals surface area contributed by atoms with Gasteiger partial charge in [0, 0.05) is 38.0 Å². The molecule has 0 aromatic heterocycles. The van der Waals surface area contributed by atoms with Gasteiger partial charge in [0.1, 0.15) is 11.6 Å². The van der Waals surface area contributed by atoms with Gasteiger partial charge in [-0.25, -0.2) is 0 Å². The van der Waals surface area contributed by atoms with E-state index in [-0.39, 0.29) is 46.7 Å². The fourth-order valence-corrected chi connectivity index (χ4v) is 7.66. The van der Waals surface area contributed by atoms with Crippen LogP contribution in [0, 0.1) is 34.5 Å². The van der Waals surface area contributed by atoms with Gasteiger partial charge >= 0.3 is 11.9 Å². The van der Waals surface area contributed by atoms with Crippen LogP contribution < -0.4 is 0 Å². The van der Waals surface area contributed by atoms with Gasteiger partial charge in [-0.3, -0.25) is 24.0 Å². The Morgan fingerprint density at radius 1 is 0.969 bits per heavy atom. The van der Waals surface area contributed by atoms with Gasteiger partial charge in [0.15, 0.2) is 12.2 Å². The second-order valence-corrected chi connectivity index (χ2v) is 11.0. The molecule has 0 aromatic carbocycles. The Hall–Kier alpha value is -2.05. The van der Waals surface area contributed by atoms with Gasteiger partial charge in [-0.1, -0.05) is 13.8 Å². The number of carbonyl (C=O) groups is 5. The third kappa shape index (κ3) is 3.43. The van der Waals surface area contributed by atoms with Crippen LogP contribution in [0.2, 0.25) is 0 Å². The predicted molar refractivity (Wildman–Crippen MR) is 113 cm³/mol. The average molecular weight is 447 g/mol. The van der Waals surface area contributed by atoms with Crippen LogP contribution >= 0.6 is 0 Å². The number of carbonyl (C=O) groups excluding carboxylic acids is 5. The van der Waals surface area contributed by atoms with Gasteiger partial charge in [-0.2, -0.15) is 0 Å². The number of hydrogen-bond donors (Lipinski definition) is 0. The summed E-state index contributed by atoms with van der Waals surface area (Å²) in [5.74, 6) is -0.944. The quantitative estimate of drug-likeness (QED) is 0.611. The molecule has 0 unspecified atom stereocenters. The molecule has 0 radical (unpaired) electrons. The minimum absolute atomic E-state index is 0.0907. The zero-order valence-corrected chi connectivity index (χ0v) is 19.5. The topological polar surface area (TPSA) is 104 Å². The summed E-state index contributed by atoms with van der Waals surface area (Å²) in [4.78, 5) is 62.3. The zero-order valence-electron chi connectivity index (χ0n) is 19.5. The van der Waals surface area contributed by atoms with Crippen LogP contribution in [-0.4, -0.2) is 41.5 Å². The first-order valence-corrected chi connectivity index (χ1v) is 11.9. The lowest BCUT2D eigenvalue weighted by Crippen LogP contribution is -2.61. The third-order valence-electron chi connectivity index (χ3n) is 9.48. The van der Waals surface area contributed by atoms with Crippen molar-refractivity contribution in [1.29, 1.82) is 0 Å². The van der Waals surface area contributed by atoms with Crippen molar-refractivity contribution in [2.75, 3.05) is 6.61 Å². The number of esters is 2. The van der Waals surface area contributed by atoms with E-state index in [9.17, 15) is 24.0 Å². The molecule has 0 aromatic rings. The second-order valence-electron chi connectivity index (χ2n) is 11.0. The predicted octanol–water partition coefficient (Wildman–Crippen LogP) is 3.21. The maximum Gasteiger partial charge on any atom is 0.303 e. The Labute approximate surface area is 189 Å². The van der Waals surface area contributed by atoms with Gasteiger partial charge in [-0.15, -0.1) is 0 Å². The molecule has 0 aliphatic heterocycles. The number of ketones is 3. The van der Waals surface area contributed by atoms with E-state index in [1.165, 1.54) is 13.8 Å². The molecule has 0 N–H and O–H groups in total. The highest BCUT2D eigenvalue weighted by molar-refractivity contribution is 5.93. The van der Waals surface area contributed by atoms with E-state index < -0.39 is 29.9 Å². The fourth-order valence-electron chi connectivity index (χ4n) is 7.66. The Kier molecular flexibility index (Phi) is 5.61. The smallest absolute Gasteiger partial charge is 0.303 e. The van der Waals surface area contributed by atoms with Crippen LogP contribution in [0.5, 0.6) is 0 Å². The van der Waals surface area contributed by atoms with Crippen molar-refractivity contribution in [3.63, 3.8) is 0 Å². The maximum absolute atomic E-state index is 13.5. The lowest BCUT2D eigenvalue weighted by Gasteiger charge is -2.60. The summed E-state index contributed by atoms with van der Waals surface area (Å²) >= 11 is 0. The molecule has 7 heteroatoms. The van der Waals surface area contributed by atoms with Crippen molar-refractivity contribution in [3.05, 3.63) is 0 Å². The first kappa shape index (κ1) is 23.1. The van der Waals surface area contributed by atoms with Crippen molar-refractivity contribution in [2.24, 2.45) is 34.5 Å². The molecule has 7 atom stereocenters. The number of Topliss-reactive ketones (excluding diaryl/α,β-unsaturated/α-hetero) is 3. The van der Waals surface area contributed by atoms with Gasteiger partial charge < -0.3 is 9.47 Å². The molecule has 4 aliphatic carbocycles. The van der Waals surface area contributed by atoms with E-state index >= 15 is 0 Å². The first-order chi connectivity index (χ1) is 14.9. The molecule has 0 bridgehead atoms. The summed E-state index contributed by atoms with van der Waals surface area (Å²) < 4.78 is 10.5. The molecule has 0 spiro atoms. The van der Waals surface area contributed by atoms with Gasteiger partial charge in [-0.05, 0) is 61.7 Å². The summed E-state index contributed by atoms with van der Waals surface area (Å²) in [5, 5.41) is 0. The number of ether oxygens (including phenoxy) is 2. The van der Waals surface area contributed by atoms with E-state index in [0.717, 1.165) is 19.3 Å². The fraction of sp³-hybridized carbons (Fsp3) is 0.800. The van der Waals surface area contributed by atoms with E-state index in [0.29, 0.717) is 31.5 Å². The van der Waals surface area contributed by atoms with E-state index in [4.69, 9.17) is 9.47 Å². The monoisotopic (exact) mass is 446 g/mol. The van der Waals surface area contributed by atoms with Crippen molar-refractivity contribution in [1.82, 2.24) is 0 Å². The van der Waals surface area contributed by atoms with Crippen LogP contribution in [0.4, 0.5) is 0 Å². The van der Waals surface area contributed by atoms with Crippen molar-refractivity contribution in [3.8, 4) is 0 Å². The molecular weight excluding hydrogens is 412 g/mol. The normalized spacial score (nSPS) is 43.0. The Morgan fingerprint density at radius 3 is 2.34 bits per heavy atom. The minimum Gasteiger partial charge on any atom is -0.458 e. The Bertz CT molecular complexity index is 878. The van der Waals surface area contributed by atoms with E-state index in [2.05, 4.69) is 6.92 Å². The third-order valence-corrected chi connectivity index (χ3v) is 9.48. The maximum atomic E-state index is 13.5. The van der Waals surface area contributed by atoms with Gasteiger partial charge in [0.05, 0.1) is 0 Å². The molecule has 7 nitrogen and oxygen atoms in total. The molecule has 4 rings (SSSR count). The highest BCUT2D eigenvalue weighted by atomic mass is 16.6. The molecule has 176 valence electrons. The highest BCUT2D eigenvalue weighted by Crippen LogP contribution is 2.65. The standard InChI is InChI=1S/C25H34O7/c1-14(26)31-13-21(30)25(32-15(2)27)10-9-23(3)16(12-25)11-19(28)22-17-5-6-20(29)24(17,4)8-7-18(22)23/h16-18,22H,5-13H2,1-4H3/t16-,17-,18+,22-,23-,24-,25-/m0/s1. The molecule has 4 fully saturated rings. The minimum atomic E-state index is -1.36. The highest BCUT2D eigenvalue weighted by Gasteiger charge is 2.65. The van der Waals surface area contributed by atoms with Crippen molar-refractivity contribution in [2.45, 2.75) is 84.7 Å². The first-order valence-electron chi connectivity index (χ1n) is 11.9. The lowest BCUT2D eigenvalue weighted by molar-refractivity contribution is -0.190. The van der Waals surface area contributed by atoms with Crippen molar-refractivity contribution >= 4 is 29.3 Å². The van der Waals surface area contributed by atoms with E-state index in [1.54, 1.807) is 0 Å². The molecule has 0 heterocycles. The van der Waals surface area contributed by atoms with E-state index in [1.807, 2.05) is 6.92 Å². The molecule has 4 aliphatic rings.